The van der Waals surface area contributed by atoms with E-state index in [9.17, 15) is 4.79 Å². The van der Waals surface area contributed by atoms with Crippen molar-refractivity contribution in [2.45, 2.75) is 13.2 Å². The second-order valence-corrected chi connectivity index (χ2v) is 8.01. The molecule has 0 aliphatic carbocycles. The van der Waals surface area contributed by atoms with Gasteiger partial charge in [0.05, 0.1) is 30.9 Å². The van der Waals surface area contributed by atoms with Crippen molar-refractivity contribution in [1.82, 2.24) is 9.55 Å². The molecule has 1 N–H and O–H groups in total. The molecule has 0 radical (unpaired) electrons. The van der Waals surface area contributed by atoms with Gasteiger partial charge < -0.3 is 24.1 Å². The van der Waals surface area contributed by atoms with Crippen molar-refractivity contribution in [3.05, 3.63) is 90.8 Å². The van der Waals surface area contributed by atoms with E-state index in [1.54, 1.807) is 32.4 Å². The first-order valence-electron chi connectivity index (χ1n) is 11.2. The molecule has 1 heterocycles. The van der Waals surface area contributed by atoms with Crippen LogP contribution in [-0.4, -0.2) is 29.7 Å². The maximum atomic E-state index is 13.0. The Morgan fingerprint density at radius 1 is 0.857 bits per heavy atom. The number of carbonyl (C=O) groups is 1. The summed E-state index contributed by atoms with van der Waals surface area (Å²) >= 11 is 0. The van der Waals surface area contributed by atoms with Crippen LogP contribution in [0, 0.1) is 0 Å². The maximum absolute atomic E-state index is 13.0. The molecule has 0 spiro atoms. The lowest BCUT2D eigenvalue weighted by atomic mass is 10.1. The van der Waals surface area contributed by atoms with Gasteiger partial charge in [0.25, 0.3) is 0 Å². The minimum absolute atomic E-state index is 0.0755. The molecular weight excluding hydrogens is 442 g/mol. The molecule has 5 aromatic rings. The third kappa shape index (κ3) is 4.75. The molecule has 35 heavy (non-hydrogen) atoms. The van der Waals surface area contributed by atoms with Gasteiger partial charge in [0, 0.05) is 6.07 Å². The highest BCUT2D eigenvalue weighted by Gasteiger charge is 2.16. The third-order valence-electron chi connectivity index (χ3n) is 5.81. The van der Waals surface area contributed by atoms with Gasteiger partial charge in [-0.2, -0.15) is 0 Å². The van der Waals surface area contributed by atoms with Gasteiger partial charge in [0.1, 0.15) is 36.2 Å². The number of hydrogen-bond acceptors (Lipinski definition) is 5. The van der Waals surface area contributed by atoms with Crippen LogP contribution in [0.3, 0.4) is 0 Å². The molecule has 0 unspecified atom stereocenters. The number of imidazole rings is 1. The highest BCUT2D eigenvalue weighted by atomic mass is 16.5. The molecule has 0 aliphatic rings. The minimum Gasteiger partial charge on any atom is -0.497 e. The lowest BCUT2D eigenvalue weighted by Crippen LogP contribution is -2.21. The van der Waals surface area contributed by atoms with Gasteiger partial charge >= 0.3 is 0 Å². The second-order valence-electron chi connectivity index (χ2n) is 8.01. The van der Waals surface area contributed by atoms with Crippen LogP contribution in [0.25, 0.3) is 21.8 Å². The SMILES string of the molecule is COc1ccc(NC(=O)Cn2c(COc3ccc4ccccc4c3)nc3ccccc32)c(OC)c1. The van der Waals surface area contributed by atoms with E-state index in [1.807, 2.05) is 59.2 Å². The Bertz CT molecular complexity index is 1510. The maximum Gasteiger partial charge on any atom is 0.244 e. The van der Waals surface area contributed by atoms with Crippen LogP contribution in [0.15, 0.2) is 84.9 Å². The fraction of sp³-hybridized carbons (Fsp3) is 0.143. The van der Waals surface area contributed by atoms with Gasteiger partial charge in [-0.3, -0.25) is 4.79 Å². The average Bonchev–Trinajstić information content (AvgIpc) is 3.24. The second kappa shape index (κ2) is 9.77. The summed E-state index contributed by atoms with van der Waals surface area (Å²) in [6.07, 6.45) is 0. The summed E-state index contributed by atoms with van der Waals surface area (Å²) in [7, 11) is 3.13. The van der Waals surface area contributed by atoms with E-state index in [-0.39, 0.29) is 19.1 Å². The van der Waals surface area contributed by atoms with Crippen molar-refractivity contribution in [2.75, 3.05) is 19.5 Å². The molecule has 1 amide bonds. The van der Waals surface area contributed by atoms with E-state index < -0.39 is 0 Å². The van der Waals surface area contributed by atoms with Crippen LogP contribution in [0.2, 0.25) is 0 Å². The average molecular weight is 468 g/mol. The molecule has 7 heteroatoms. The molecule has 176 valence electrons. The molecule has 4 aromatic carbocycles. The van der Waals surface area contributed by atoms with Crippen LogP contribution in [0.4, 0.5) is 5.69 Å². The number of anilines is 1. The van der Waals surface area contributed by atoms with Crippen molar-refractivity contribution < 1.29 is 19.0 Å². The highest BCUT2D eigenvalue weighted by molar-refractivity contribution is 5.93. The zero-order chi connectivity index (χ0) is 24.2. The number of hydrogen-bond donors (Lipinski definition) is 1. The number of nitrogens with zero attached hydrogens (tertiary/aromatic N) is 2. The summed E-state index contributed by atoms with van der Waals surface area (Å²) in [5.41, 5.74) is 2.23. The molecule has 0 fully saturated rings. The van der Waals surface area contributed by atoms with Gasteiger partial charge in [-0.25, -0.2) is 4.98 Å². The van der Waals surface area contributed by atoms with Crippen LogP contribution >= 0.6 is 0 Å². The standard InChI is InChI=1S/C28H25N3O4/c1-33-21-13-14-24(26(16-21)34-2)30-28(32)17-31-25-10-6-5-9-23(25)29-27(31)18-35-22-12-11-19-7-3-4-8-20(19)15-22/h3-16H,17-18H2,1-2H3,(H,30,32). The zero-order valence-corrected chi connectivity index (χ0v) is 19.5. The lowest BCUT2D eigenvalue weighted by molar-refractivity contribution is -0.116. The van der Waals surface area contributed by atoms with E-state index in [0.717, 1.165) is 27.6 Å². The Labute approximate surface area is 202 Å². The summed E-state index contributed by atoms with van der Waals surface area (Å²) in [6, 6.07) is 27.1. The summed E-state index contributed by atoms with van der Waals surface area (Å²) in [4.78, 5) is 17.8. The molecule has 7 nitrogen and oxygen atoms in total. The minimum atomic E-state index is -0.205. The van der Waals surface area contributed by atoms with E-state index in [0.29, 0.717) is 23.0 Å². The fourth-order valence-corrected chi connectivity index (χ4v) is 4.05. The molecule has 5 rings (SSSR count). The Morgan fingerprint density at radius 2 is 1.63 bits per heavy atom. The Hall–Kier alpha value is -4.52. The summed E-state index contributed by atoms with van der Waals surface area (Å²) in [5.74, 6) is 2.37. The molecule has 1 aromatic heterocycles. The van der Waals surface area contributed by atoms with Crippen molar-refractivity contribution >= 4 is 33.4 Å². The Morgan fingerprint density at radius 3 is 2.46 bits per heavy atom. The number of methoxy groups -OCH3 is 2. The summed E-state index contributed by atoms with van der Waals surface area (Å²) < 4.78 is 18.6. The number of ether oxygens (including phenoxy) is 3. The summed E-state index contributed by atoms with van der Waals surface area (Å²) in [5, 5.41) is 5.18. The number of para-hydroxylation sites is 2. The Balaban J connectivity index is 1.38. The quantitative estimate of drug-likeness (QED) is 0.330. The molecule has 0 aliphatic heterocycles. The van der Waals surface area contributed by atoms with Gasteiger partial charge in [-0.15, -0.1) is 0 Å². The molecule has 0 saturated heterocycles. The first-order chi connectivity index (χ1) is 17.1. The van der Waals surface area contributed by atoms with Crippen molar-refractivity contribution in [3.63, 3.8) is 0 Å². The van der Waals surface area contributed by atoms with Crippen molar-refractivity contribution in [2.24, 2.45) is 0 Å². The van der Waals surface area contributed by atoms with Crippen LogP contribution in [0.1, 0.15) is 5.82 Å². The van der Waals surface area contributed by atoms with Crippen LogP contribution in [0.5, 0.6) is 17.2 Å². The fourth-order valence-electron chi connectivity index (χ4n) is 4.05. The molecule has 0 bridgehead atoms. The molecular formula is C28H25N3O4. The zero-order valence-electron chi connectivity index (χ0n) is 19.5. The first-order valence-corrected chi connectivity index (χ1v) is 11.2. The van der Waals surface area contributed by atoms with Gasteiger partial charge in [0.2, 0.25) is 5.91 Å². The number of nitrogens with one attached hydrogen (secondary N) is 1. The smallest absolute Gasteiger partial charge is 0.244 e. The molecule has 0 atom stereocenters. The number of rotatable bonds is 8. The lowest BCUT2D eigenvalue weighted by Gasteiger charge is -2.14. The number of fused-ring (bicyclic) bond motifs is 2. The van der Waals surface area contributed by atoms with E-state index in [4.69, 9.17) is 19.2 Å². The predicted octanol–water partition coefficient (Wildman–Crippen LogP) is 5.42. The van der Waals surface area contributed by atoms with E-state index in [1.165, 1.54) is 0 Å². The van der Waals surface area contributed by atoms with E-state index in [2.05, 4.69) is 17.4 Å². The van der Waals surface area contributed by atoms with E-state index >= 15 is 0 Å². The number of amides is 1. The van der Waals surface area contributed by atoms with Crippen LogP contribution < -0.4 is 19.5 Å². The first kappa shape index (κ1) is 22.3. The highest BCUT2D eigenvalue weighted by Crippen LogP contribution is 2.29. The van der Waals surface area contributed by atoms with Crippen molar-refractivity contribution in [3.8, 4) is 17.2 Å². The number of aromatic nitrogens is 2. The number of carbonyl (C=O) groups excluding carboxylic acids is 1. The third-order valence-corrected chi connectivity index (χ3v) is 5.81. The predicted molar refractivity (Wildman–Crippen MR) is 136 cm³/mol. The topological polar surface area (TPSA) is 74.6 Å². The van der Waals surface area contributed by atoms with Crippen molar-refractivity contribution in [1.29, 1.82) is 0 Å². The number of benzene rings is 4. The van der Waals surface area contributed by atoms with Crippen LogP contribution in [-0.2, 0) is 17.9 Å². The molecule has 0 saturated carbocycles. The monoisotopic (exact) mass is 467 g/mol. The normalized spacial score (nSPS) is 10.9. The largest absolute Gasteiger partial charge is 0.497 e. The van der Waals surface area contributed by atoms with Gasteiger partial charge in [0.15, 0.2) is 0 Å². The van der Waals surface area contributed by atoms with Gasteiger partial charge in [-0.05, 0) is 47.2 Å². The Kier molecular flexibility index (Phi) is 6.22. The summed E-state index contributed by atoms with van der Waals surface area (Å²) in [6.45, 7) is 0.304. The van der Waals surface area contributed by atoms with Gasteiger partial charge in [-0.1, -0.05) is 42.5 Å².